The second-order valence-electron chi connectivity index (χ2n) is 3.18. The molecule has 1 rings (SSSR count). The third kappa shape index (κ3) is 3.72. The molecule has 0 aromatic heterocycles. The van der Waals surface area contributed by atoms with E-state index in [1.807, 2.05) is 25.1 Å². The van der Waals surface area contributed by atoms with Crippen molar-refractivity contribution in [3.05, 3.63) is 41.7 Å². The highest BCUT2D eigenvalue weighted by Gasteiger charge is 2.03. The van der Waals surface area contributed by atoms with Crippen molar-refractivity contribution in [1.82, 2.24) is 0 Å². The van der Waals surface area contributed by atoms with Crippen LogP contribution in [0.4, 0.5) is 4.39 Å². The molecule has 0 bridgehead atoms. The van der Waals surface area contributed by atoms with Gasteiger partial charge in [-0.15, -0.1) is 0 Å². The monoisotopic (exact) mass is 209 g/mol. The predicted molar refractivity (Wildman–Crippen MR) is 59.5 cm³/mol. The van der Waals surface area contributed by atoms with Gasteiger partial charge < -0.3 is 10.5 Å². The van der Waals surface area contributed by atoms with Gasteiger partial charge in [-0.05, 0) is 37.6 Å². The number of hydrogen-bond donors (Lipinski definition) is 1. The highest BCUT2D eigenvalue weighted by Crippen LogP contribution is 2.18. The van der Waals surface area contributed by atoms with Gasteiger partial charge in [0.2, 0.25) is 0 Å². The van der Waals surface area contributed by atoms with E-state index in [4.69, 9.17) is 10.5 Å². The Balaban J connectivity index is 2.65. The van der Waals surface area contributed by atoms with E-state index in [1.165, 1.54) is 6.07 Å². The maximum absolute atomic E-state index is 13.4. The Kier molecular flexibility index (Phi) is 4.84. The van der Waals surface area contributed by atoms with Crippen LogP contribution in [0.5, 0.6) is 5.75 Å². The Morgan fingerprint density at radius 2 is 2.27 bits per heavy atom. The summed E-state index contributed by atoms with van der Waals surface area (Å²) in [5, 5.41) is 0. The fourth-order valence-corrected chi connectivity index (χ4v) is 1.22. The predicted octanol–water partition coefficient (Wildman–Crippen LogP) is 2.28. The normalized spacial score (nSPS) is 10.9. The lowest BCUT2D eigenvalue weighted by atomic mass is 10.1. The van der Waals surface area contributed by atoms with E-state index >= 15 is 0 Å². The van der Waals surface area contributed by atoms with Crippen molar-refractivity contribution in [2.45, 2.75) is 13.3 Å². The molecule has 0 fully saturated rings. The molecule has 0 spiro atoms. The highest BCUT2D eigenvalue weighted by atomic mass is 19.1. The molecular weight excluding hydrogens is 193 g/mol. The minimum absolute atomic E-state index is 0.286. The van der Waals surface area contributed by atoms with Crippen LogP contribution in [-0.4, -0.2) is 13.2 Å². The molecule has 0 unspecified atom stereocenters. The maximum atomic E-state index is 13.4. The molecule has 0 saturated heterocycles. The van der Waals surface area contributed by atoms with E-state index in [0.717, 1.165) is 5.56 Å². The van der Waals surface area contributed by atoms with Gasteiger partial charge in [0.15, 0.2) is 11.6 Å². The Hall–Kier alpha value is -1.35. The van der Waals surface area contributed by atoms with Gasteiger partial charge in [-0.1, -0.05) is 18.2 Å². The molecule has 0 aliphatic rings. The van der Waals surface area contributed by atoms with E-state index in [1.54, 1.807) is 6.07 Å². The van der Waals surface area contributed by atoms with Crippen LogP contribution in [-0.2, 0) is 6.42 Å². The average molecular weight is 209 g/mol. The molecule has 1 aromatic rings. The number of hydrogen-bond acceptors (Lipinski definition) is 2. The first-order chi connectivity index (χ1) is 7.27. The van der Waals surface area contributed by atoms with Crippen molar-refractivity contribution >= 4 is 0 Å². The van der Waals surface area contributed by atoms with Crippen LogP contribution in [0.1, 0.15) is 12.5 Å². The molecule has 0 atom stereocenters. The average Bonchev–Trinajstić information content (AvgIpc) is 2.22. The standard InChI is InChI=1S/C12H16FNO/c1-2-3-8-15-12-5-4-10(6-7-14)9-11(12)13/h2-5,9H,6-8,14H2,1H3/b3-2+. The highest BCUT2D eigenvalue weighted by molar-refractivity contribution is 5.29. The summed E-state index contributed by atoms with van der Waals surface area (Å²) in [5.74, 6) is -0.0423. The number of benzene rings is 1. The molecule has 2 N–H and O–H groups in total. The van der Waals surface area contributed by atoms with E-state index in [-0.39, 0.29) is 11.6 Å². The van der Waals surface area contributed by atoms with Gasteiger partial charge in [0.1, 0.15) is 6.61 Å². The SMILES string of the molecule is C/C=C/COc1ccc(CCN)cc1F. The van der Waals surface area contributed by atoms with Crippen molar-refractivity contribution in [2.75, 3.05) is 13.2 Å². The van der Waals surface area contributed by atoms with Gasteiger partial charge in [-0.3, -0.25) is 0 Å². The first-order valence-electron chi connectivity index (χ1n) is 5.00. The smallest absolute Gasteiger partial charge is 0.165 e. The lowest BCUT2D eigenvalue weighted by Crippen LogP contribution is -2.03. The Morgan fingerprint density at radius 3 is 2.87 bits per heavy atom. The van der Waals surface area contributed by atoms with Crippen molar-refractivity contribution < 1.29 is 9.13 Å². The number of allylic oxidation sites excluding steroid dienone is 1. The number of halogens is 1. The minimum Gasteiger partial charge on any atom is -0.486 e. The molecule has 0 heterocycles. The Bertz CT molecular complexity index is 336. The fourth-order valence-electron chi connectivity index (χ4n) is 1.22. The van der Waals surface area contributed by atoms with Crippen molar-refractivity contribution in [3.8, 4) is 5.75 Å². The number of nitrogens with two attached hydrogens (primary N) is 1. The summed E-state index contributed by atoms with van der Waals surface area (Å²) >= 11 is 0. The summed E-state index contributed by atoms with van der Waals surface area (Å²) in [5.41, 5.74) is 6.28. The van der Waals surface area contributed by atoms with Crippen LogP contribution in [0.25, 0.3) is 0 Å². The van der Waals surface area contributed by atoms with Crippen molar-refractivity contribution in [3.63, 3.8) is 0 Å². The molecule has 3 heteroatoms. The summed E-state index contributed by atoms with van der Waals surface area (Å²) in [6.45, 7) is 2.81. The van der Waals surface area contributed by atoms with Crippen LogP contribution >= 0.6 is 0 Å². The largest absolute Gasteiger partial charge is 0.486 e. The lowest BCUT2D eigenvalue weighted by molar-refractivity contribution is 0.341. The quantitative estimate of drug-likeness (QED) is 0.755. The van der Waals surface area contributed by atoms with Crippen molar-refractivity contribution in [2.24, 2.45) is 5.73 Å². The van der Waals surface area contributed by atoms with Crippen molar-refractivity contribution in [1.29, 1.82) is 0 Å². The summed E-state index contributed by atoms with van der Waals surface area (Å²) < 4.78 is 18.6. The Labute approximate surface area is 89.6 Å². The summed E-state index contributed by atoms with van der Waals surface area (Å²) in [6.07, 6.45) is 4.37. The molecule has 0 aliphatic carbocycles. The molecule has 0 amide bonds. The molecule has 1 aromatic carbocycles. The van der Waals surface area contributed by atoms with E-state index in [2.05, 4.69) is 0 Å². The van der Waals surface area contributed by atoms with E-state index < -0.39 is 0 Å². The zero-order valence-corrected chi connectivity index (χ0v) is 8.87. The van der Waals surface area contributed by atoms with E-state index in [9.17, 15) is 4.39 Å². The molecule has 15 heavy (non-hydrogen) atoms. The molecule has 0 radical (unpaired) electrons. The molecular formula is C12H16FNO. The summed E-state index contributed by atoms with van der Waals surface area (Å²) in [7, 11) is 0. The zero-order chi connectivity index (χ0) is 11.1. The summed E-state index contributed by atoms with van der Waals surface area (Å²) in [4.78, 5) is 0. The molecule has 0 aliphatic heterocycles. The zero-order valence-electron chi connectivity index (χ0n) is 8.87. The van der Waals surface area contributed by atoms with E-state index in [0.29, 0.717) is 19.6 Å². The molecule has 0 saturated carbocycles. The first kappa shape index (κ1) is 11.7. The second kappa shape index (κ2) is 6.19. The van der Waals surface area contributed by atoms with Crippen LogP contribution in [0, 0.1) is 5.82 Å². The van der Waals surface area contributed by atoms with Gasteiger partial charge >= 0.3 is 0 Å². The third-order valence-corrected chi connectivity index (χ3v) is 2.00. The first-order valence-corrected chi connectivity index (χ1v) is 5.00. The van der Waals surface area contributed by atoms with Gasteiger partial charge in [0.05, 0.1) is 0 Å². The molecule has 82 valence electrons. The number of rotatable bonds is 5. The summed E-state index contributed by atoms with van der Waals surface area (Å²) in [6, 6.07) is 4.95. The topological polar surface area (TPSA) is 35.2 Å². The lowest BCUT2D eigenvalue weighted by Gasteiger charge is -2.06. The minimum atomic E-state index is -0.328. The van der Waals surface area contributed by atoms with Gasteiger partial charge in [-0.2, -0.15) is 0 Å². The fraction of sp³-hybridized carbons (Fsp3) is 0.333. The van der Waals surface area contributed by atoms with Gasteiger partial charge in [-0.25, -0.2) is 4.39 Å². The van der Waals surface area contributed by atoms with Crippen LogP contribution < -0.4 is 10.5 Å². The van der Waals surface area contributed by atoms with Gasteiger partial charge in [0, 0.05) is 0 Å². The second-order valence-corrected chi connectivity index (χ2v) is 3.18. The van der Waals surface area contributed by atoms with Crippen LogP contribution in [0.2, 0.25) is 0 Å². The van der Waals surface area contributed by atoms with Crippen LogP contribution in [0.15, 0.2) is 30.4 Å². The van der Waals surface area contributed by atoms with Gasteiger partial charge in [0.25, 0.3) is 0 Å². The maximum Gasteiger partial charge on any atom is 0.165 e. The third-order valence-electron chi connectivity index (χ3n) is 2.00. The Morgan fingerprint density at radius 1 is 1.47 bits per heavy atom. The molecule has 2 nitrogen and oxygen atoms in total. The number of ether oxygens (including phenoxy) is 1. The van der Waals surface area contributed by atoms with Crippen LogP contribution in [0.3, 0.4) is 0 Å².